The van der Waals surface area contributed by atoms with Gasteiger partial charge >= 0.3 is 0 Å². The summed E-state index contributed by atoms with van der Waals surface area (Å²) in [4.78, 5) is 0. The van der Waals surface area contributed by atoms with E-state index in [1.165, 1.54) is 5.75 Å². The maximum absolute atomic E-state index is 11.1. The Balaban J connectivity index is 2.39. The Labute approximate surface area is 63.1 Å². The minimum atomic E-state index is -0.515. The zero-order valence-electron chi connectivity index (χ0n) is 5.63. The molecule has 9 heavy (non-hydrogen) atoms. The highest BCUT2D eigenvalue weighted by Gasteiger charge is 2.18. The molecule has 1 rings (SSSR count). The van der Waals surface area contributed by atoms with Gasteiger partial charge in [-0.1, -0.05) is 6.92 Å². The number of hydrogen-bond acceptors (Lipinski definition) is 2. The predicted octanol–water partition coefficient (Wildman–Crippen LogP) is 1.61. The van der Waals surface area contributed by atoms with Crippen LogP contribution in [0.2, 0.25) is 0 Å². The van der Waals surface area contributed by atoms with Gasteiger partial charge in [-0.2, -0.15) is 0 Å². The fourth-order valence-electron chi connectivity index (χ4n) is 0.927. The molecule has 3 heteroatoms. The van der Waals surface area contributed by atoms with Crippen LogP contribution in [0.4, 0.5) is 0 Å². The first-order valence-corrected chi connectivity index (χ1v) is 5.76. The highest BCUT2D eigenvalue weighted by atomic mass is 32.2. The lowest BCUT2D eigenvalue weighted by molar-refractivity contribution is 0.677. The minimum absolute atomic E-state index is 0.443. The fraction of sp³-hybridized carbons (Fsp3) is 1.00. The third-order valence-electron chi connectivity index (χ3n) is 1.42. The molecule has 1 heterocycles. The van der Waals surface area contributed by atoms with Crippen LogP contribution in [0.25, 0.3) is 0 Å². The molecule has 1 fully saturated rings. The first kappa shape index (κ1) is 7.61. The van der Waals surface area contributed by atoms with Gasteiger partial charge < -0.3 is 0 Å². The lowest BCUT2D eigenvalue weighted by atomic mass is 10.5. The molecule has 0 bridgehead atoms. The van der Waals surface area contributed by atoms with Crippen LogP contribution in [0.1, 0.15) is 19.8 Å². The average molecular weight is 164 g/mol. The minimum Gasteiger partial charge on any atom is -0.258 e. The van der Waals surface area contributed by atoms with E-state index in [2.05, 4.69) is 6.92 Å². The molecule has 54 valence electrons. The first-order valence-electron chi connectivity index (χ1n) is 3.33. The van der Waals surface area contributed by atoms with Crippen molar-refractivity contribution in [2.75, 3.05) is 11.5 Å². The third-order valence-corrected chi connectivity index (χ3v) is 5.31. The molecular weight excluding hydrogens is 152 g/mol. The molecule has 0 saturated carbocycles. The summed E-state index contributed by atoms with van der Waals surface area (Å²) in [5.41, 5.74) is 0. The van der Waals surface area contributed by atoms with Gasteiger partial charge in [-0.3, -0.25) is 4.21 Å². The molecule has 0 aromatic carbocycles. The van der Waals surface area contributed by atoms with Crippen LogP contribution in [-0.2, 0) is 10.8 Å². The molecule has 0 radical (unpaired) electrons. The summed E-state index contributed by atoms with van der Waals surface area (Å²) < 4.78 is 11.6. The number of thioether (sulfide) groups is 1. The Hall–Kier alpha value is 0.500. The van der Waals surface area contributed by atoms with Gasteiger partial charge in [0.25, 0.3) is 0 Å². The van der Waals surface area contributed by atoms with E-state index in [0.717, 1.165) is 18.6 Å². The summed E-state index contributed by atoms with van der Waals surface area (Å²) in [7, 11) is -0.515. The van der Waals surface area contributed by atoms with E-state index in [4.69, 9.17) is 0 Å². The van der Waals surface area contributed by atoms with Crippen LogP contribution in [0.5, 0.6) is 0 Å². The van der Waals surface area contributed by atoms with Crippen LogP contribution < -0.4 is 0 Å². The third kappa shape index (κ3) is 1.97. The van der Waals surface area contributed by atoms with Crippen molar-refractivity contribution in [1.29, 1.82) is 0 Å². The summed E-state index contributed by atoms with van der Waals surface area (Å²) in [6.45, 7) is 2.11. The summed E-state index contributed by atoms with van der Waals surface area (Å²) in [5, 5.41) is 0. The molecule has 1 aliphatic heterocycles. The summed E-state index contributed by atoms with van der Waals surface area (Å²) in [6, 6.07) is 0. The van der Waals surface area contributed by atoms with E-state index in [-0.39, 0.29) is 0 Å². The molecule has 0 amide bonds. The highest BCUT2D eigenvalue weighted by Crippen LogP contribution is 2.24. The second kappa shape index (κ2) is 3.62. The Morgan fingerprint density at radius 1 is 1.78 bits per heavy atom. The molecule has 0 aromatic heterocycles. The van der Waals surface area contributed by atoms with Gasteiger partial charge in [-0.15, -0.1) is 11.8 Å². The molecular formula is C6H12OS2. The van der Waals surface area contributed by atoms with Crippen LogP contribution >= 0.6 is 11.8 Å². The van der Waals surface area contributed by atoms with Gasteiger partial charge in [-0.05, 0) is 18.6 Å². The van der Waals surface area contributed by atoms with Crippen LogP contribution in [-0.4, -0.2) is 20.3 Å². The van der Waals surface area contributed by atoms with Gasteiger partial charge in [0.05, 0.1) is 4.58 Å². The molecule has 1 nitrogen and oxygen atoms in total. The van der Waals surface area contributed by atoms with Crippen molar-refractivity contribution in [3.63, 3.8) is 0 Å². The Morgan fingerprint density at radius 2 is 2.56 bits per heavy atom. The maximum Gasteiger partial charge on any atom is 0.0798 e. The summed E-state index contributed by atoms with van der Waals surface area (Å²) in [6.07, 6.45) is 2.21. The summed E-state index contributed by atoms with van der Waals surface area (Å²) in [5.74, 6) is 2.15. The molecule has 0 spiro atoms. The van der Waals surface area contributed by atoms with E-state index in [0.29, 0.717) is 4.58 Å². The van der Waals surface area contributed by atoms with Crippen molar-refractivity contribution in [1.82, 2.24) is 0 Å². The van der Waals surface area contributed by atoms with E-state index < -0.39 is 10.8 Å². The van der Waals surface area contributed by atoms with Gasteiger partial charge in [0.15, 0.2) is 0 Å². The van der Waals surface area contributed by atoms with Crippen molar-refractivity contribution in [3.05, 3.63) is 0 Å². The van der Waals surface area contributed by atoms with Crippen molar-refractivity contribution in [3.8, 4) is 0 Å². The molecule has 0 N–H and O–H groups in total. The summed E-state index contributed by atoms with van der Waals surface area (Å²) >= 11 is 1.87. The van der Waals surface area contributed by atoms with Crippen LogP contribution in [0.3, 0.4) is 0 Å². The predicted molar refractivity (Wildman–Crippen MR) is 44.2 cm³/mol. The average Bonchev–Trinajstić information content (AvgIpc) is 1.89. The lowest BCUT2D eigenvalue weighted by Crippen LogP contribution is -2.19. The molecule has 2 atom stereocenters. The quantitative estimate of drug-likeness (QED) is 0.585. The number of hydrogen-bond donors (Lipinski definition) is 0. The van der Waals surface area contributed by atoms with E-state index >= 15 is 0 Å². The monoisotopic (exact) mass is 164 g/mol. The van der Waals surface area contributed by atoms with E-state index in [1.54, 1.807) is 0 Å². The van der Waals surface area contributed by atoms with E-state index in [1.807, 2.05) is 11.8 Å². The lowest BCUT2D eigenvalue weighted by Gasteiger charge is -2.18. The van der Waals surface area contributed by atoms with Crippen LogP contribution in [0, 0.1) is 0 Å². The highest BCUT2D eigenvalue weighted by molar-refractivity contribution is 8.11. The van der Waals surface area contributed by atoms with Crippen molar-refractivity contribution >= 4 is 22.6 Å². The largest absolute Gasteiger partial charge is 0.258 e. The standard InChI is InChI=1S/C6H12OS2/c1-2-6-8-4-3-5-9(6)7/h6H,2-5H2,1H3/t6-,9-/m0/s1. The Bertz CT molecular complexity index is 114. The van der Waals surface area contributed by atoms with Crippen LogP contribution in [0.15, 0.2) is 0 Å². The zero-order chi connectivity index (χ0) is 6.69. The first-order chi connectivity index (χ1) is 4.34. The van der Waals surface area contributed by atoms with Gasteiger partial charge in [-0.25, -0.2) is 0 Å². The van der Waals surface area contributed by atoms with Crippen molar-refractivity contribution in [2.45, 2.75) is 24.3 Å². The second-order valence-corrected chi connectivity index (χ2v) is 5.49. The molecule has 0 aromatic rings. The zero-order valence-corrected chi connectivity index (χ0v) is 7.26. The second-order valence-electron chi connectivity index (χ2n) is 2.15. The molecule has 0 unspecified atom stereocenters. The van der Waals surface area contributed by atoms with Gasteiger partial charge in [0.2, 0.25) is 0 Å². The van der Waals surface area contributed by atoms with Gasteiger partial charge in [0.1, 0.15) is 0 Å². The topological polar surface area (TPSA) is 17.1 Å². The SMILES string of the molecule is CC[C@H]1SCCC[S@@]1=O. The fourth-order valence-corrected chi connectivity index (χ4v) is 4.17. The Kier molecular flexibility index (Phi) is 3.06. The Morgan fingerprint density at radius 3 is 3.00 bits per heavy atom. The van der Waals surface area contributed by atoms with Crippen molar-refractivity contribution < 1.29 is 4.21 Å². The molecule has 1 aliphatic rings. The smallest absolute Gasteiger partial charge is 0.0798 e. The maximum atomic E-state index is 11.1. The normalized spacial score (nSPS) is 36.6. The van der Waals surface area contributed by atoms with Crippen molar-refractivity contribution in [2.24, 2.45) is 0 Å². The molecule has 0 aliphatic carbocycles. The number of rotatable bonds is 1. The van der Waals surface area contributed by atoms with Gasteiger partial charge in [0, 0.05) is 16.6 Å². The molecule has 1 saturated heterocycles. The van der Waals surface area contributed by atoms with E-state index in [9.17, 15) is 4.21 Å².